The standard InChI is InChI=1S/C24H25FN4O2/c25-21-8-7-18(31-17-5-1-15(2-6-17)9-11-26)13-19(21)24(30)29-12-10-22-20(14-29)23(28-27-22)16-3-4-16/h1-2,5-8,13,16H,3-4,9-12,14,26H2,(H,27,28). The number of H-pyrrole nitrogens is 1. The number of aromatic amines is 1. The fourth-order valence-corrected chi connectivity index (χ4v) is 4.11. The second-order valence-corrected chi connectivity index (χ2v) is 8.24. The zero-order chi connectivity index (χ0) is 21.4. The van der Waals surface area contributed by atoms with Crippen LogP contribution in [-0.4, -0.2) is 34.1 Å². The van der Waals surface area contributed by atoms with Crippen molar-refractivity contribution >= 4 is 5.91 Å². The largest absolute Gasteiger partial charge is 0.457 e. The molecule has 2 aromatic carbocycles. The fraction of sp³-hybridized carbons (Fsp3) is 0.333. The van der Waals surface area contributed by atoms with Crippen LogP contribution in [-0.2, 0) is 19.4 Å². The van der Waals surface area contributed by atoms with Crippen LogP contribution < -0.4 is 10.5 Å². The van der Waals surface area contributed by atoms with Crippen molar-refractivity contribution in [2.45, 2.75) is 38.1 Å². The maximum absolute atomic E-state index is 14.6. The van der Waals surface area contributed by atoms with Crippen LogP contribution in [0.15, 0.2) is 42.5 Å². The van der Waals surface area contributed by atoms with Crippen LogP contribution in [0.2, 0.25) is 0 Å². The van der Waals surface area contributed by atoms with Gasteiger partial charge in [0.1, 0.15) is 17.3 Å². The summed E-state index contributed by atoms with van der Waals surface area (Å²) in [4.78, 5) is 14.9. The van der Waals surface area contributed by atoms with Crippen LogP contribution in [0.1, 0.15) is 51.6 Å². The number of hydrogen-bond acceptors (Lipinski definition) is 4. The normalized spacial score (nSPS) is 15.6. The Hall–Kier alpha value is -3.19. The van der Waals surface area contributed by atoms with E-state index in [2.05, 4.69) is 10.2 Å². The van der Waals surface area contributed by atoms with Crippen molar-refractivity contribution < 1.29 is 13.9 Å². The first kappa shape index (κ1) is 19.8. The predicted molar refractivity (Wildman–Crippen MR) is 115 cm³/mol. The van der Waals surface area contributed by atoms with Crippen LogP contribution in [0.25, 0.3) is 0 Å². The first-order valence-electron chi connectivity index (χ1n) is 10.7. The number of halogens is 1. The first-order valence-corrected chi connectivity index (χ1v) is 10.7. The number of nitrogens with two attached hydrogens (primary N) is 1. The summed E-state index contributed by atoms with van der Waals surface area (Å²) in [5.41, 5.74) is 10.0. The predicted octanol–water partition coefficient (Wildman–Crippen LogP) is 3.92. The van der Waals surface area contributed by atoms with Gasteiger partial charge in [0.15, 0.2) is 0 Å². The molecule has 7 heteroatoms. The molecule has 0 atom stereocenters. The summed E-state index contributed by atoms with van der Waals surface area (Å²) < 4.78 is 20.4. The van der Waals surface area contributed by atoms with E-state index in [1.165, 1.54) is 18.2 Å². The summed E-state index contributed by atoms with van der Waals surface area (Å²) in [5, 5.41) is 7.58. The van der Waals surface area contributed by atoms with E-state index < -0.39 is 5.82 Å². The zero-order valence-corrected chi connectivity index (χ0v) is 17.2. The van der Waals surface area contributed by atoms with Crippen LogP contribution in [0.5, 0.6) is 11.5 Å². The van der Waals surface area contributed by atoms with Crippen LogP contribution >= 0.6 is 0 Å². The van der Waals surface area contributed by atoms with Crippen LogP contribution in [0.4, 0.5) is 4.39 Å². The van der Waals surface area contributed by atoms with Gasteiger partial charge in [0.2, 0.25) is 0 Å². The van der Waals surface area contributed by atoms with Gasteiger partial charge in [-0.1, -0.05) is 12.1 Å². The van der Waals surface area contributed by atoms with Gasteiger partial charge in [-0.05, 0) is 61.7 Å². The number of carbonyl (C=O) groups is 1. The minimum Gasteiger partial charge on any atom is -0.457 e. The van der Waals surface area contributed by atoms with Crippen molar-refractivity contribution in [2.24, 2.45) is 5.73 Å². The highest BCUT2D eigenvalue weighted by Crippen LogP contribution is 2.42. The van der Waals surface area contributed by atoms with Gasteiger partial charge in [0, 0.05) is 36.7 Å². The lowest BCUT2D eigenvalue weighted by atomic mass is 10.0. The molecule has 5 rings (SSSR count). The van der Waals surface area contributed by atoms with Crippen molar-refractivity contribution in [2.75, 3.05) is 13.1 Å². The SMILES string of the molecule is NCCc1ccc(Oc2ccc(F)c(C(=O)N3CCc4[nH]nc(C5CC5)c4C3)c2)cc1. The topological polar surface area (TPSA) is 84.2 Å². The lowest BCUT2D eigenvalue weighted by molar-refractivity contribution is 0.0728. The van der Waals surface area contributed by atoms with E-state index in [1.807, 2.05) is 24.3 Å². The molecule has 3 N–H and O–H groups in total. The maximum atomic E-state index is 14.6. The lowest BCUT2D eigenvalue weighted by Crippen LogP contribution is -2.36. The number of rotatable bonds is 6. The maximum Gasteiger partial charge on any atom is 0.257 e. The Balaban J connectivity index is 1.34. The second-order valence-electron chi connectivity index (χ2n) is 8.24. The van der Waals surface area contributed by atoms with Gasteiger partial charge in [0.05, 0.1) is 11.3 Å². The number of amides is 1. The van der Waals surface area contributed by atoms with Gasteiger partial charge in [-0.2, -0.15) is 5.10 Å². The molecule has 6 nitrogen and oxygen atoms in total. The molecule has 0 spiro atoms. The summed E-state index contributed by atoms with van der Waals surface area (Å²) in [6, 6.07) is 11.9. The van der Waals surface area contributed by atoms with E-state index in [0.717, 1.165) is 41.8 Å². The molecular formula is C24H25FN4O2. The third kappa shape index (κ3) is 4.05. The molecule has 2 aliphatic rings. The molecule has 2 heterocycles. The van der Waals surface area contributed by atoms with Crippen molar-refractivity contribution in [3.05, 3.63) is 76.4 Å². The fourth-order valence-electron chi connectivity index (χ4n) is 4.11. The number of ether oxygens (including phenoxy) is 1. The van der Waals surface area contributed by atoms with Crippen molar-refractivity contribution in [1.82, 2.24) is 15.1 Å². The number of aromatic nitrogens is 2. The van der Waals surface area contributed by atoms with Gasteiger partial charge in [-0.15, -0.1) is 0 Å². The molecule has 1 fully saturated rings. The molecule has 0 unspecified atom stereocenters. The van der Waals surface area contributed by atoms with E-state index in [0.29, 0.717) is 43.5 Å². The second kappa shape index (κ2) is 8.15. The van der Waals surface area contributed by atoms with E-state index in [-0.39, 0.29) is 11.5 Å². The van der Waals surface area contributed by atoms with E-state index in [9.17, 15) is 9.18 Å². The third-order valence-electron chi connectivity index (χ3n) is 5.98. The summed E-state index contributed by atoms with van der Waals surface area (Å²) in [7, 11) is 0. The van der Waals surface area contributed by atoms with E-state index in [4.69, 9.17) is 10.5 Å². The molecule has 1 aromatic heterocycles. The van der Waals surface area contributed by atoms with Gasteiger partial charge in [-0.25, -0.2) is 4.39 Å². The molecular weight excluding hydrogens is 395 g/mol. The zero-order valence-electron chi connectivity index (χ0n) is 17.2. The van der Waals surface area contributed by atoms with Crippen LogP contribution in [0, 0.1) is 5.82 Å². The molecule has 1 saturated carbocycles. The Morgan fingerprint density at radius 1 is 1.19 bits per heavy atom. The minimum atomic E-state index is -0.545. The van der Waals surface area contributed by atoms with Gasteiger partial charge < -0.3 is 15.4 Å². The first-order chi connectivity index (χ1) is 15.1. The average molecular weight is 420 g/mol. The molecule has 0 bridgehead atoms. The summed E-state index contributed by atoms with van der Waals surface area (Å²) in [6.07, 6.45) is 3.79. The Labute approximate surface area is 180 Å². The molecule has 1 aliphatic heterocycles. The summed E-state index contributed by atoms with van der Waals surface area (Å²) >= 11 is 0. The number of carbonyl (C=O) groups excluding carboxylic acids is 1. The highest BCUT2D eigenvalue weighted by Gasteiger charge is 2.33. The molecule has 160 valence electrons. The average Bonchev–Trinajstić information content (AvgIpc) is 3.54. The Bertz CT molecular complexity index is 1110. The molecule has 0 radical (unpaired) electrons. The van der Waals surface area contributed by atoms with Gasteiger partial charge >= 0.3 is 0 Å². The highest BCUT2D eigenvalue weighted by molar-refractivity contribution is 5.95. The molecule has 0 saturated heterocycles. The number of nitrogens with one attached hydrogen (secondary N) is 1. The smallest absolute Gasteiger partial charge is 0.257 e. The highest BCUT2D eigenvalue weighted by atomic mass is 19.1. The van der Waals surface area contributed by atoms with Crippen molar-refractivity contribution in [3.63, 3.8) is 0 Å². The quantitative estimate of drug-likeness (QED) is 0.633. The van der Waals surface area contributed by atoms with Crippen molar-refractivity contribution in [3.8, 4) is 11.5 Å². The van der Waals surface area contributed by atoms with Crippen molar-refractivity contribution in [1.29, 1.82) is 0 Å². The van der Waals surface area contributed by atoms with Crippen LogP contribution in [0.3, 0.4) is 0 Å². The minimum absolute atomic E-state index is 0.0252. The molecule has 31 heavy (non-hydrogen) atoms. The third-order valence-corrected chi connectivity index (χ3v) is 5.98. The summed E-state index contributed by atoms with van der Waals surface area (Å²) in [6.45, 7) is 1.58. The summed E-state index contributed by atoms with van der Waals surface area (Å²) in [5.74, 6) is 0.683. The Morgan fingerprint density at radius 2 is 1.97 bits per heavy atom. The number of nitrogens with zero attached hydrogens (tertiary/aromatic N) is 2. The van der Waals surface area contributed by atoms with E-state index >= 15 is 0 Å². The lowest BCUT2D eigenvalue weighted by Gasteiger charge is -2.27. The molecule has 1 amide bonds. The van der Waals surface area contributed by atoms with E-state index in [1.54, 1.807) is 4.90 Å². The van der Waals surface area contributed by atoms with Gasteiger partial charge in [0.25, 0.3) is 5.91 Å². The Kier molecular flexibility index (Phi) is 5.19. The van der Waals surface area contributed by atoms with Gasteiger partial charge in [-0.3, -0.25) is 9.89 Å². The molecule has 3 aromatic rings. The Morgan fingerprint density at radius 3 is 2.71 bits per heavy atom. The molecule has 1 aliphatic carbocycles. The number of fused-ring (bicyclic) bond motifs is 1. The number of benzene rings is 2. The monoisotopic (exact) mass is 420 g/mol. The number of hydrogen-bond donors (Lipinski definition) is 2.